The Hall–Kier alpha value is -1.13. The van der Waals surface area contributed by atoms with Gasteiger partial charge < -0.3 is 4.74 Å². The van der Waals surface area contributed by atoms with Gasteiger partial charge in [0.1, 0.15) is 12.7 Å². The zero-order chi connectivity index (χ0) is 15.8. The van der Waals surface area contributed by atoms with Crippen molar-refractivity contribution in [2.45, 2.75) is 63.6 Å². The first kappa shape index (κ1) is 17.2. The Morgan fingerprint density at radius 1 is 0.909 bits per heavy atom. The average Bonchev–Trinajstić information content (AvgIpc) is 2.56. The lowest BCUT2D eigenvalue weighted by Gasteiger charge is -2.37. The second kappa shape index (κ2) is 9.11. The first-order valence-corrected chi connectivity index (χ1v) is 8.45. The maximum atomic E-state index is 11.2. The molecule has 0 amide bonds. The van der Waals surface area contributed by atoms with Crippen molar-refractivity contribution in [3.63, 3.8) is 0 Å². The lowest BCUT2D eigenvalue weighted by molar-refractivity contribution is -0.322. The highest BCUT2D eigenvalue weighted by atomic mass is 17.2. The highest BCUT2D eigenvalue weighted by Gasteiger charge is 2.32. The Bertz CT molecular complexity index is 363. The molecule has 2 aliphatic carbocycles. The first-order chi connectivity index (χ1) is 10.7. The molecule has 2 saturated carbocycles. The van der Waals surface area contributed by atoms with Gasteiger partial charge in [-0.15, -0.1) is 6.58 Å². The lowest BCUT2D eigenvalue weighted by atomic mass is 9.72. The third-order valence-electron chi connectivity index (χ3n) is 4.94. The summed E-state index contributed by atoms with van der Waals surface area (Å²) in [5, 5.41) is 0. The van der Waals surface area contributed by atoms with Crippen molar-refractivity contribution in [1.29, 1.82) is 0 Å². The molecule has 4 heteroatoms. The minimum atomic E-state index is -0.291. The molecule has 2 aliphatic rings. The number of esters is 1. The predicted molar refractivity (Wildman–Crippen MR) is 85.0 cm³/mol. The van der Waals surface area contributed by atoms with Gasteiger partial charge in [0.25, 0.3) is 0 Å². The van der Waals surface area contributed by atoms with E-state index < -0.39 is 0 Å². The summed E-state index contributed by atoms with van der Waals surface area (Å²) in [6, 6.07) is 0. The van der Waals surface area contributed by atoms with Gasteiger partial charge in [0, 0.05) is 6.08 Å². The summed E-state index contributed by atoms with van der Waals surface area (Å²) >= 11 is 0. The maximum Gasteiger partial charge on any atom is 0.330 e. The van der Waals surface area contributed by atoms with E-state index in [1.807, 2.05) is 0 Å². The van der Waals surface area contributed by atoms with Crippen molar-refractivity contribution in [3.05, 3.63) is 25.3 Å². The largest absolute Gasteiger partial charge is 0.459 e. The zero-order valence-corrected chi connectivity index (χ0v) is 13.4. The molecule has 0 aliphatic heterocycles. The SMILES string of the molecule is C=CCOOC1CCC(C2CCC(OC(=O)C=C)CC2)CC1. The van der Waals surface area contributed by atoms with Crippen LogP contribution in [0.3, 0.4) is 0 Å². The number of carbonyl (C=O) groups is 1. The van der Waals surface area contributed by atoms with Gasteiger partial charge in [0.2, 0.25) is 0 Å². The Kier molecular flexibility index (Phi) is 7.13. The fourth-order valence-electron chi connectivity index (χ4n) is 3.73. The van der Waals surface area contributed by atoms with Crippen LogP contribution in [0.2, 0.25) is 0 Å². The summed E-state index contributed by atoms with van der Waals surface area (Å²) in [5.41, 5.74) is 0. The number of carbonyl (C=O) groups excluding carboxylic acids is 1. The molecule has 4 nitrogen and oxygen atoms in total. The van der Waals surface area contributed by atoms with Crippen LogP contribution in [0.4, 0.5) is 0 Å². The molecule has 0 aromatic carbocycles. The number of rotatable bonds is 7. The third-order valence-corrected chi connectivity index (χ3v) is 4.94. The molecule has 0 saturated heterocycles. The van der Waals surface area contributed by atoms with E-state index in [1.165, 1.54) is 18.9 Å². The quantitative estimate of drug-likeness (QED) is 0.178. The van der Waals surface area contributed by atoms with Crippen LogP contribution in [0.5, 0.6) is 0 Å². The molecule has 0 atom stereocenters. The molecule has 2 fully saturated rings. The molecule has 0 bridgehead atoms. The summed E-state index contributed by atoms with van der Waals surface area (Å²) in [6.45, 7) is 7.50. The summed E-state index contributed by atoms with van der Waals surface area (Å²) < 4.78 is 5.35. The van der Waals surface area contributed by atoms with Crippen molar-refractivity contribution in [2.24, 2.45) is 11.8 Å². The highest BCUT2D eigenvalue weighted by molar-refractivity contribution is 5.81. The second-order valence-corrected chi connectivity index (χ2v) is 6.38. The van der Waals surface area contributed by atoms with E-state index >= 15 is 0 Å². The van der Waals surface area contributed by atoms with E-state index in [1.54, 1.807) is 6.08 Å². The van der Waals surface area contributed by atoms with Crippen LogP contribution in [0.15, 0.2) is 25.3 Å². The van der Waals surface area contributed by atoms with Crippen molar-refractivity contribution < 1.29 is 19.3 Å². The minimum absolute atomic E-state index is 0.0914. The summed E-state index contributed by atoms with van der Waals surface area (Å²) in [6.07, 6.45) is 12.2. The average molecular weight is 308 g/mol. The number of hydrogen-bond acceptors (Lipinski definition) is 4. The molecule has 2 rings (SSSR count). The number of hydrogen-bond donors (Lipinski definition) is 0. The van der Waals surface area contributed by atoms with Gasteiger partial charge in [-0.3, -0.25) is 0 Å². The Balaban J connectivity index is 1.65. The predicted octanol–water partition coefficient (Wildman–Crippen LogP) is 3.97. The van der Waals surface area contributed by atoms with E-state index in [9.17, 15) is 4.79 Å². The van der Waals surface area contributed by atoms with Crippen molar-refractivity contribution >= 4 is 5.97 Å². The van der Waals surface area contributed by atoms with Crippen LogP contribution in [-0.4, -0.2) is 24.8 Å². The lowest BCUT2D eigenvalue weighted by Crippen LogP contribution is -2.31. The molecule has 124 valence electrons. The summed E-state index contributed by atoms with van der Waals surface area (Å²) in [5.74, 6) is 1.27. The van der Waals surface area contributed by atoms with Gasteiger partial charge in [-0.05, 0) is 63.2 Å². The molecule has 0 spiro atoms. The van der Waals surface area contributed by atoms with Crippen LogP contribution >= 0.6 is 0 Å². The van der Waals surface area contributed by atoms with E-state index in [-0.39, 0.29) is 18.2 Å². The van der Waals surface area contributed by atoms with Crippen LogP contribution in [0, 0.1) is 11.8 Å². The summed E-state index contributed by atoms with van der Waals surface area (Å²) in [7, 11) is 0. The number of ether oxygens (including phenoxy) is 1. The Morgan fingerprint density at radius 2 is 1.45 bits per heavy atom. The minimum Gasteiger partial charge on any atom is -0.459 e. The standard InChI is InChI=1S/C18H28O4/c1-3-13-20-22-17-11-7-15(8-12-17)14-5-9-16(10-6-14)21-18(19)4-2/h3-4,14-17H,1-2,5-13H2. The summed E-state index contributed by atoms with van der Waals surface area (Å²) in [4.78, 5) is 21.7. The molecule has 0 radical (unpaired) electrons. The molecule has 0 unspecified atom stereocenters. The van der Waals surface area contributed by atoms with Crippen molar-refractivity contribution in [3.8, 4) is 0 Å². The molecular weight excluding hydrogens is 280 g/mol. The van der Waals surface area contributed by atoms with Gasteiger partial charge in [-0.1, -0.05) is 12.7 Å². The van der Waals surface area contributed by atoms with Crippen LogP contribution in [-0.2, 0) is 19.3 Å². The Labute approximate surface area is 133 Å². The smallest absolute Gasteiger partial charge is 0.330 e. The zero-order valence-electron chi connectivity index (χ0n) is 13.4. The highest BCUT2D eigenvalue weighted by Crippen LogP contribution is 2.39. The molecule has 22 heavy (non-hydrogen) atoms. The van der Waals surface area contributed by atoms with E-state index in [0.29, 0.717) is 6.61 Å². The maximum absolute atomic E-state index is 11.2. The monoisotopic (exact) mass is 308 g/mol. The van der Waals surface area contributed by atoms with E-state index in [4.69, 9.17) is 14.5 Å². The normalized spacial score (nSPS) is 32.2. The first-order valence-electron chi connectivity index (χ1n) is 8.45. The van der Waals surface area contributed by atoms with Crippen LogP contribution in [0.25, 0.3) is 0 Å². The molecule has 0 aromatic rings. The Morgan fingerprint density at radius 3 is 1.95 bits per heavy atom. The van der Waals surface area contributed by atoms with Gasteiger partial charge in [-0.2, -0.15) is 0 Å². The second-order valence-electron chi connectivity index (χ2n) is 6.38. The van der Waals surface area contributed by atoms with Crippen molar-refractivity contribution in [1.82, 2.24) is 0 Å². The van der Waals surface area contributed by atoms with Gasteiger partial charge in [0.05, 0.1) is 6.10 Å². The van der Waals surface area contributed by atoms with Crippen LogP contribution < -0.4 is 0 Å². The molecule has 0 N–H and O–H groups in total. The fourth-order valence-corrected chi connectivity index (χ4v) is 3.73. The fraction of sp³-hybridized carbons (Fsp3) is 0.722. The van der Waals surface area contributed by atoms with Gasteiger partial charge >= 0.3 is 5.97 Å². The van der Waals surface area contributed by atoms with Crippen LogP contribution in [0.1, 0.15) is 51.4 Å². The molecule has 0 heterocycles. The molecular formula is C18H28O4. The van der Waals surface area contributed by atoms with Gasteiger partial charge in [0.15, 0.2) is 0 Å². The van der Waals surface area contributed by atoms with E-state index in [2.05, 4.69) is 13.2 Å². The third kappa shape index (κ3) is 5.25. The van der Waals surface area contributed by atoms with E-state index in [0.717, 1.165) is 50.4 Å². The topological polar surface area (TPSA) is 44.8 Å². The molecule has 0 aromatic heterocycles. The van der Waals surface area contributed by atoms with Gasteiger partial charge in [-0.25, -0.2) is 14.6 Å². The van der Waals surface area contributed by atoms with Crippen molar-refractivity contribution in [2.75, 3.05) is 6.61 Å².